The van der Waals surface area contributed by atoms with E-state index in [1.54, 1.807) is 0 Å². The summed E-state index contributed by atoms with van der Waals surface area (Å²) in [5.74, 6) is 1.20. The molecule has 1 fully saturated rings. The maximum absolute atomic E-state index is 12.2. The zero-order chi connectivity index (χ0) is 10.8. The second-order valence-electron chi connectivity index (χ2n) is 4.40. The first-order valence-corrected chi connectivity index (χ1v) is 5.55. The summed E-state index contributed by atoms with van der Waals surface area (Å²) >= 11 is 0. The minimum absolute atomic E-state index is 0.176. The molecule has 1 aromatic rings. The molecule has 0 spiro atoms. The number of rotatable bonds is 4. The van der Waals surface area contributed by atoms with E-state index < -0.39 is 0 Å². The Morgan fingerprint density at radius 3 is 2.93 bits per heavy atom. The molecule has 15 heavy (non-hydrogen) atoms. The topological polar surface area (TPSA) is 0 Å². The molecule has 80 valence electrons. The molecule has 0 aromatic heterocycles. The summed E-state index contributed by atoms with van der Waals surface area (Å²) in [5, 5.41) is 0. The normalized spacial score (nSPS) is 23.9. The zero-order valence-corrected chi connectivity index (χ0v) is 9.17. The SMILES string of the molecule is C=Cc1ccc(C2CC2CCF)cc1C. The van der Waals surface area contributed by atoms with Crippen LogP contribution < -0.4 is 0 Å². The summed E-state index contributed by atoms with van der Waals surface area (Å²) < 4.78 is 12.2. The van der Waals surface area contributed by atoms with E-state index in [1.807, 2.05) is 6.08 Å². The first-order valence-electron chi connectivity index (χ1n) is 5.55. The molecular weight excluding hydrogens is 187 g/mol. The van der Waals surface area contributed by atoms with Gasteiger partial charge in [0.25, 0.3) is 0 Å². The molecule has 1 aliphatic rings. The summed E-state index contributed by atoms with van der Waals surface area (Å²) in [4.78, 5) is 0. The van der Waals surface area contributed by atoms with Gasteiger partial charge in [-0.1, -0.05) is 30.9 Å². The zero-order valence-electron chi connectivity index (χ0n) is 9.17. The van der Waals surface area contributed by atoms with E-state index in [0.29, 0.717) is 11.8 Å². The van der Waals surface area contributed by atoms with Crippen LogP contribution >= 0.6 is 0 Å². The highest BCUT2D eigenvalue weighted by Gasteiger charge is 2.37. The van der Waals surface area contributed by atoms with Crippen molar-refractivity contribution in [2.75, 3.05) is 6.67 Å². The van der Waals surface area contributed by atoms with Gasteiger partial charge in [0.2, 0.25) is 0 Å². The maximum Gasteiger partial charge on any atom is 0.0897 e. The first kappa shape index (κ1) is 10.4. The maximum atomic E-state index is 12.2. The van der Waals surface area contributed by atoms with Gasteiger partial charge in [0.05, 0.1) is 6.67 Å². The molecule has 2 unspecified atom stereocenters. The third-order valence-electron chi connectivity index (χ3n) is 3.34. The van der Waals surface area contributed by atoms with Crippen LogP contribution in [0.5, 0.6) is 0 Å². The van der Waals surface area contributed by atoms with Crippen LogP contribution in [0.3, 0.4) is 0 Å². The van der Waals surface area contributed by atoms with Gasteiger partial charge in [0, 0.05) is 0 Å². The van der Waals surface area contributed by atoms with Crippen LogP contribution in [0, 0.1) is 12.8 Å². The molecule has 1 heteroatoms. The van der Waals surface area contributed by atoms with Crippen molar-refractivity contribution in [3.63, 3.8) is 0 Å². The number of hydrogen-bond donors (Lipinski definition) is 0. The molecule has 0 aliphatic heterocycles. The van der Waals surface area contributed by atoms with Crippen LogP contribution in [0.1, 0.15) is 35.4 Å². The highest BCUT2D eigenvalue weighted by atomic mass is 19.1. The van der Waals surface area contributed by atoms with Crippen LogP contribution in [0.25, 0.3) is 6.08 Å². The van der Waals surface area contributed by atoms with Crippen LogP contribution in [-0.4, -0.2) is 6.67 Å². The van der Waals surface area contributed by atoms with Crippen molar-refractivity contribution >= 4 is 6.08 Å². The van der Waals surface area contributed by atoms with E-state index in [-0.39, 0.29) is 6.67 Å². The lowest BCUT2D eigenvalue weighted by Crippen LogP contribution is -1.88. The minimum Gasteiger partial charge on any atom is -0.251 e. The predicted molar refractivity (Wildman–Crippen MR) is 62.7 cm³/mol. The molecule has 1 saturated carbocycles. The third-order valence-corrected chi connectivity index (χ3v) is 3.34. The second-order valence-corrected chi connectivity index (χ2v) is 4.40. The Bertz CT molecular complexity index is 368. The number of alkyl halides is 1. The van der Waals surface area contributed by atoms with Gasteiger partial charge >= 0.3 is 0 Å². The van der Waals surface area contributed by atoms with Crippen LogP contribution in [0.15, 0.2) is 24.8 Å². The van der Waals surface area contributed by atoms with Gasteiger partial charge in [-0.2, -0.15) is 0 Å². The second kappa shape index (κ2) is 4.18. The lowest BCUT2D eigenvalue weighted by Gasteiger charge is -2.04. The summed E-state index contributed by atoms with van der Waals surface area (Å²) in [6.45, 7) is 5.71. The molecule has 2 rings (SSSR count). The van der Waals surface area contributed by atoms with Crippen molar-refractivity contribution in [3.8, 4) is 0 Å². The van der Waals surface area contributed by atoms with Crippen molar-refractivity contribution in [1.29, 1.82) is 0 Å². The van der Waals surface area contributed by atoms with Gasteiger partial charge in [-0.3, -0.25) is 4.39 Å². The molecule has 0 N–H and O–H groups in total. The molecule has 0 amide bonds. The van der Waals surface area contributed by atoms with Gasteiger partial charge < -0.3 is 0 Å². The average Bonchev–Trinajstić information content (AvgIpc) is 2.98. The van der Waals surface area contributed by atoms with Crippen molar-refractivity contribution in [1.82, 2.24) is 0 Å². The molecule has 0 saturated heterocycles. The Labute approximate surface area is 90.8 Å². The molecule has 0 radical (unpaired) electrons. The molecule has 0 bridgehead atoms. The number of halogens is 1. The molecule has 2 atom stereocenters. The Morgan fingerprint density at radius 1 is 1.53 bits per heavy atom. The first-order chi connectivity index (χ1) is 7.26. The van der Waals surface area contributed by atoms with Crippen LogP contribution in [0.4, 0.5) is 4.39 Å². The molecule has 0 heterocycles. The summed E-state index contributed by atoms with van der Waals surface area (Å²) in [6, 6.07) is 6.50. The fraction of sp³-hybridized carbons (Fsp3) is 0.429. The highest BCUT2D eigenvalue weighted by Crippen LogP contribution is 2.49. The standard InChI is InChI=1S/C14H17F/c1-3-11-4-5-12(8-10(11)2)14-9-13(14)6-7-15/h3-5,8,13-14H,1,6-7,9H2,2H3. The fourth-order valence-electron chi connectivity index (χ4n) is 2.27. The Hall–Kier alpha value is -1.11. The third kappa shape index (κ3) is 2.11. The minimum atomic E-state index is -0.176. The number of aryl methyl sites for hydroxylation is 1. The quantitative estimate of drug-likeness (QED) is 0.692. The summed E-state index contributed by atoms with van der Waals surface area (Å²) in [5.41, 5.74) is 3.84. The van der Waals surface area contributed by atoms with Gasteiger partial charge in [0.1, 0.15) is 0 Å². The van der Waals surface area contributed by atoms with Crippen LogP contribution in [-0.2, 0) is 0 Å². The molecule has 0 nitrogen and oxygen atoms in total. The molecule has 1 aliphatic carbocycles. The summed E-state index contributed by atoms with van der Waals surface area (Å²) in [7, 11) is 0. The monoisotopic (exact) mass is 204 g/mol. The Balaban J connectivity index is 2.11. The molecule has 1 aromatic carbocycles. The van der Waals surface area contributed by atoms with E-state index >= 15 is 0 Å². The van der Waals surface area contributed by atoms with E-state index in [0.717, 1.165) is 12.8 Å². The van der Waals surface area contributed by atoms with Gasteiger partial charge in [-0.05, 0) is 48.3 Å². The Kier molecular flexibility index (Phi) is 2.90. The summed E-state index contributed by atoms with van der Waals surface area (Å²) in [6.07, 6.45) is 3.77. The van der Waals surface area contributed by atoms with Gasteiger partial charge in [-0.15, -0.1) is 0 Å². The predicted octanol–water partition coefficient (Wildman–Crippen LogP) is 4.10. The lowest BCUT2D eigenvalue weighted by atomic mass is 10.0. The largest absolute Gasteiger partial charge is 0.251 e. The van der Waals surface area contributed by atoms with Crippen molar-refractivity contribution in [2.24, 2.45) is 5.92 Å². The smallest absolute Gasteiger partial charge is 0.0897 e. The van der Waals surface area contributed by atoms with Crippen molar-refractivity contribution in [2.45, 2.75) is 25.7 Å². The van der Waals surface area contributed by atoms with Crippen molar-refractivity contribution in [3.05, 3.63) is 41.5 Å². The Morgan fingerprint density at radius 2 is 2.33 bits per heavy atom. The van der Waals surface area contributed by atoms with E-state index in [9.17, 15) is 4.39 Å². The average molecular weight is 204 g/mol. The van der Waals surface area contributed by atoms with Gasteiger partial charge in [-0.25, -0.2) is 0 Å². The van der Waals surface area contributed by atoms with Gasteiger partial charge in [0.15, 0.2) is 0 Å². The molecular formula is C14H17F. The number of hydrogen-bond acceptors (Lipinski definition) is 0. The van der Waals surface area contributed by atoms with Crippen molar-refractivity contribution < 1.29 is 4.39 Å². The lowest BCUT2D eigenvalue weighted by molar-refractivity contribution is 0.450. The van der Waals surface area contributed by atoms with E-state index in [1.165, 1.54) is 16.7 Å². The highest BCUT2D eigenvalue weighted by molar-refractivity contribution is 5.53. The fourth-order valence-corrected chi connectivity index (χ4v) is 2.27. The van der Waals surface area contributed by atoms with E-state index in [2.05, 4.69) is 31.7 Å². The van der Waals surface area contributed by atoms with Crippen LogP contribution in [0.2, 0.25) is 0 Å². The number of benzene rings is 1. The van der Waals surface area contributed by atoms with E-state index in [4.69, 9.17) is 0 Å².